The number of carbonyl (C=O) groups excluding carboxylic acids is 1. The fourth-order valence-corrected chi connectivity index (χ4v) is 6.59. The van der Waals surface area contributed by atoms with Gasteiger partial charge in [0.2, 0.25) is 5.91 Å². The van der Waals surface area contributed by atoms with E-state index in [2.05, 4.69) is 0 Å². The van der Waals surface area contributed by atoms with Crippen molar-refractivity contribution in [2.75, 3.05) is 32.9 Å². The molecule has 43 heavy (non-hydrogen) atoms. The van der Waals surface area contributed by atoms with E-state index in [9.17, 15) is 35.5 Å². The van der Waals surface area contributed by atoms with Gasteiger partial charge in [-0.25, -0.2) is 4.39 Å². The summed E-state index contributed by atoms with van der Waals surface area (Å²) in [7, 11) is 0. The van der Waals surface area contributed by atoms with Crippen LogP contribution in [-0.2, 0) is 31.4 Å². The van der Waals surface area contributed by atoms with Gasteiger partial charge in [-0.2, -0.15) is 26.3 Å². The molecule has 3 aliphatic heterocycles. The highest BCUT2D eigenvalue weighted by Gasteiger charge is 2.51. The van der Waals surface area contributed by atoms with Gasteiger partial charge in [0.05, 0.1) is 29.3 Å². The van der Waals surface area contributed by atoms with Crippen LogP contribution in [0.25, 0.3) is 0 Å². The molecule has 5 nitrogen and oxygen atoms in total. The van der Waals surface area contributed by atoms with Crippen molar-refractivity contribution in [3.63, 3.8) is 0 Å². The quantitative estimate of drug-likeness (QED) is 0.331. The highest BCUT2D eigenvalue weighted by Crippen LogP contribution is 2.47. The number of fused-ring (bicyclic) bond motifs is 1. The molecule has 12 heteroatoms. The Bertz CT molecular complexity index is 1310. The third kappa shape index (κ3) is 6.56. The van der Waals surface area contributed by atoms with Crippen LogP contribution in [0.3, 0.4) is 0 Å². The summed E-state index contributed by atoms with van der Waals surface area (Å²) in [6.45, 7) is 6.96. The number of halogens is 7. The first kappa shape index (κ1) is 31.7. The molecule has 236 valence electrons. The van der Waals surface area contributed by atoms with E-state index in [1.54, 1.807) is 13.0 Å². The number of rotatable bonds is 5. The minimum absolute atomic E-state index is 0.00857. The van der Waals surface area contributed by atoms with Crippen molar-refractivity contribution in [2.45, 2.75) is 64.3 Å². The predicted octanol–water partition coefficient (Wildman–Crippen LogP) is 7.28. The van der Waals surface area contributed by atoms with Crippen molar-refractivity contribution >= 4 is 5.91 Å². The number of benzene rings is 2. The Labute approximate surface area is 245 Å². The van der Waals surface area contributed by atoms with Crippen LogP contribution < -0.4 is 0 Å². The molecule has 0 saturated carbocycles. The molecule has 0 aliphatic carbocycles. The summed E-state index contributed by atoms with van der Waals surface area (Å²) in [5, 5.41) is 0. The van der Waals surface area contributed by atoms with E-state index in [0.717, 1.165) is 0 Å². The zero-order chi connectivity index (χ0) is 31.3. The van der Waals surface area contributed by atoms with Crippen LogP contribution in [0.5, 0.6) is 0 Å². The molecule has 0 aromatic heterocycles. The molecule has 1 unspecified atom stereocenters. The van der Waals surface area contributed by atoms with Gasteiger partial charge in [-0.1, -0.05) is 13.0 Å². The van der Waals surface area contributed by atoms with Gasteiger partial charge >= 0.3 is 12.4 Å². The Hall–Kier alpha value is -2.70. The largest absolute Gasteiger partial charge is 0.416 e. The molecule has 5 atom stereocenters. The maximum absolute atomic E-state index is 14.1. The SMILES string of the molecule is Cc1cc(F)ccc1[C@H]1C2CN(C(=O)C3(C)CCOCC3)C[C@H]2CO[C@@H]1O[C@H](C)c1cc(C(F)(F)F)cc(C(F)(F)F)c1. The van der Waals surface area contributed by atoms with Crippen molar-refractivity contribution in [1.29, 1.82) is 0 Å². The number of amides is 1. The van der Waals surface area contributed by atoms with Crippen LogP contribution in [-0.4, -0.2) is 50.0 Å². The van der Waals surface area contributed by atoms with E-state index >= 15 is 0 Å². The Kier molecular flexibility index (Phi) is 8.60. The monoisotopic (exact) mass is 617 g/mol. The fraction of sp³-hybridized carbons (Fsp3) is 0.581. The molecule has 2 aromatic carbocycles. The fourth-order valence-electron chi connectivity index (χ4n) is 6.59. The third-order valence-electron chi connectivity index (χ3n) is 9.13. The first-order valence-electron chi connectivity index (χ1n) is 14.3. The molecule has 3 saturated heterocycles. The van der Waals surface area contributed by atoms with E-state index < -0.39 is 53.0 Å². The smallest absolute Gasteiger partial charge is 0.381 e. The molecule has 0 spiro atoms. The predicted molar refractivity (Wildman–Crippen MR) is 141 cm³/mol. The van der Waals surface area contributed by atoms with Crippen LogP contribution in [0.1, 0.15) is 66.5 Å². The van der Waals surface area contributed by atoms with Crippen LogP contribution in [0.4, 0.5) is 30.7 Å². The number of likely N-dealkylation sites (tertiary alicyclic amines) is 1. The minimum atomic E-state index is -5.00. The number of ether oxygens (including phenoxy) is 3. The molecule has 3 heterocycles. The van der Waals surface area contributed by atoms with Gasteiger partial charge in [-0.05, 0) is 79.6 Å². The summed E-state index contributed by atoms with van der Waals surface area (Å²) in [6, 6.07) is 5.60. The molecule has 0 radical (unpaired) electrons. The first-order chi connectivity index (χ1) is 20.1. The number of carbonyl (C=O) groups is 1. The lowest BCUT2D eigenvalue weighted by Gasteiger charge is -2.41. The number of alkyl halides is 6. The van der Waals surface area contributed by atoms with Crippen molar-refractivity contribution in [2.24, 2.45) is 17.3 Å². The molecule has 3 aliphatic rings. The van der Waals surface area contributed by atoms with Gasteiger partial charge in [-0.3, -0.25) is 4.79 Å². The van der Waals surface area contributed by atoms with E-state index in [0.29, 0.717) is 62.4 Å². The van der Waals surface area contributed by atoms with Gasteiger partial charge in [0.25, 0.3) is 0 Å². The Morgan fingerprint density at radius 3 is 2.21 bits per heavy atom. The second kappa shape index (κ2) is 11.7. The highest BCUT2D eigenvalue weighted by atomic mass is 19.4. The zero-order valence-corrected chi connectivity index (χ0v) is 24.0. The number of hydrogen-bond acceptors (Lipinski definition) is 4. The summed E-state index contributed by atoms with van der Waals surface area (Å²) < 4.78 is 113. The highest BCUT2D eigenvalue weighted by molar-refractivity contribution is 5.82. The van der Waals surface area contributed by atoms with E-state index in [4.69, 9.17) is 14.2 Å². The van der Waals surface area contributed by atoms with Gasteiger partial charge in [0.1, 0.15) is 5.82 Å². The van der Waals surface area contributed by atoms with Crippen molar-refractivity contribution in [3.05, 3.63) is 70.0 Å². The Morgan fingerprint density at radius 2 is 1.63 bits per heavy atom. The van der Waals surface area contributed by atoms with E-state index in [1.807, 2.05) is 11.8 Å². The summed E-state index contributed by atoms with van der Waals surface area (Å²) in [5.41, 5.74) is -2.48. The standard InChI is InChI=1S/C31H34F7NO4/c1-17-10-23(32)4-5-24(17)26-25-15-39(28(40)29(3)6-8-41-9-7-29)14-20(25)16-42-27(26)43-18(2)19-11-21(30(33,34)35)13-22(12-19)31(36,37)38/h4-5,10-13,18,20,25-27H,6-9,14-16H2,1-3H3/t18-,20+,25?,26+,27-/m1/s1. The average Bonchev–Trinajstić information content (AvgIpc) is 3.36. The molecular weight excluding hydrogens is 583 g/mol. The van der Waals surface area contributed by atoms with E-state index in [1.165, 1.54) is 19.1 Å². The maximum atomic E-state index is 14.1. The van der Waals surface area contributed by atoms with E-state index in [-0.39, 0.29) is 36.0 Å². The van der Waals surface area contributed by atoms with Crippen molar-refractivity contribution in [1.82, 2.24) is 4.90 Å². The van der Waals surface area contributed by atoms with Crippen LogP contribution >= 0.6 is 0 Å². The first-order valence-corrected chi connectivity index (χ1v) is 14.3. The molecule has 0 N–H and O–H groups in total. The minimum Gasteiger partial charge on any atom is -0.381 e. The number of nitrogens with zero attached hydrogens (tertiary/aromatic N) is 1. The molecule has 1 amide bonds. The summed E-state index contributed by atoms with van der Waals surface area (Å²) in [5.74, 6) is -1.30. The number of aryl methyl sites for hydroxylation is 1. The lowest BCUT2D eigenvalue weighted by molar-refractivity contribution is -0.217. The lowest BCUT2D eigenvalue weighted by Crippen LogP contribution is -2.44. The second-order valence-corrected chi connectivity index (χ2v) is 12.2. The molecule has 2 aromatic rings. The molecular formula is C31H34F7NO4. The average molecular weight is 618 g/mol. The topological polar surface area (TPSA) is 48.0 Å². The van der Waals surface area contributed by atoms with Gasteiger partial charge in [-0.15, -0.1) is 0 Å². The van der Waals surface area contributed by atoms with Gasteiger partial charge < -0.3 is 19.1 Å². The normalized spacial score (nSPS) is 26.7. The Balaban J connectivity index is 1.46. The van der Waals surface area contributed by atoms with Crippen molar-refractivity contribution in [3.8, 4) is 0 Å². The summed E-state index contributed by atoms with van der Waals surface area (Å²) in [4.78, 5) is 15.5. The third-order valence-corrected chi connectivity index (χ3v) is 9.13. The maximum Gasteiger partial charge on any atom is 0.416 e. The molecule has 5 rings (SSSR count). The van der Waals surface area contributed by atoms with Crippen LogP contribution in [0.15, 0.2) is 36.4 Å². The zero-order valence-electron chi connectivity index (χ0n) is 24.0. The lowest BCUT2D eigenvalue weighted by atomic mass is 9.76. The van der Waals surface area contributed by atoms with Crippen LogP contribution in [0, 0.1) is 30.0 Å². The molecule has 0 bridgehead atoms. The summed E-state index contributed by atoms with van der Waals surface area (Å²) in [6.07, 6.45) is -11.1. The van der Waals surface area contributed by atoms with Crippen molar-refractivity contribution < 1.29 is 49.7 Å². The second-order valence-electron chi connectivity index (χ2n) is 12.2. The van der Waals surface area contributed by atoms with Crippen LogP contribution in [0.2, 0.25) is 0 Å². The molecule has 3 fully saturated rings. The van der Waals surface area contributed by atoms with Gasteiger partial charge in [0, 0.05) is 38.1 Å². The summed E-state index contributed by atoms with van der Waals surface area (Å²) >= 11 is 0. The number of hydrogen-bond donors (Lipinski definition) is 0. The van der Waals surface area contributed by atoms with Gasteiger partial charge in [0.15, 0.2) is 6.29 Å². The Morgan fingerprint density at radius 1 is 1.00 bits per heavy atom.